The number of hydrogen-bond acceptors (Lipinski definition) is 2. The lowest BCUT2D eigenvalue weighted by Gasteiger charge is -2.19. The summed E-state index contributed by atoms with van der Waals surface area (Å²) < 4.78 is 0.769. The standard InChI is InChI=1S/C30H40Br2S2/c1-5-9-11-19(7-3)13-21-15-25-26(29-23(21)17-27(31)33-29)16-22(14-20(8-4)12-10-6-2)24-18-28(32)34-30(24)25/h15-20,27-28H,5-14H2,1-4H3. The Morgan fingerprint density at radius 1 is 0.706 bits per heavy atom. The highest BCUT2D eigenvalue weighted by Crippen LogP contribution is 2.42. The average molecular weight is 625 g/mol. The van der Waals surface area contributed by atoms with Gasteiger partial charge >= 0.3 is 0 Å². The molecule has 0 amide bonds. The molecule has 4 atom stereocenters. The van der Waals surface area contributed by atoms with E-state index in [-0.39, 0.29) is 0 Å². The minimum Gasteiger partial charge on any atom is -0.106 e. The Bertz CT molecular complexity index is 1030. The molecule has 0 nitrogen and oxygen atoms in total. The van der Waals surface area contributed by atoms with Crippen LogP contribution in [0.3, 0.4) is 0 Å². The van der Waals surface area contributed by atoms with Crippen molar-refractivity contribution in [2.75, 3.05) is 0 Å². The van der Waals surface area contributed by atoms with Gasteiger partial charge in [0.25, 0.3) is 0 Å². The van der Waals surface area contributed by atoms with Gasteiger partial charge in [-0.1, -0.05) is 123 Å². The van der Waals surface area contributed by atoms with Crippen LogP contribution in [0, 0.1) is 11.8 Å². The molecule has 4 unspecified atom stereocenters. The summed E-state index contributed by atoms with van der Waals surface area (Å²) in [6, 6.07) is 5.15. The van der Waals surface area contributed by atoms with Crippen molar-refractivity contribution >= 4 is 78.3 Å². The maximum absolute atomic E-state index is 3.92. The van der Waals surface area contributed by atoms with Crippen LogP contribution in [-0.2, 0) is 12.8 Å². The van der Waals surface area contributed by atoms with Crippen molar-refractivity contribution in [2.45, 2.75) is 110 Å². The number of thioether (sulfide) groups is 2. The monoisotopic (exact) mass is 622 g/mol. The summed E-state index contributed by atoms with van der Waals surface area (Å²) in [5, 5.41) is 6.01. The molecule has 0 aliphatic carbocycles. The van der Waals surface area contributed by atoms with Gasteiger partial charge in [0, 0.05) is 9.79 Å². The van der Waals surface area contributed by atoms with Crippen LogP contribution in [0.5, 0.6) is 0 Å². The molecule has 2 aromatic rings. The number of rotatable bonds is 12. The van der Waals surface area contributed by atoms with E-state index in [1.54, 1.807) is 11.1 Å². The second-order valence-corrected chi connectivity index (χ2v) is 15.7. The third-order valence-corrected chi connectivity index (χ3v) is 11.5. The van der Waals surface area contributed by atoms with Gasteiger partial charge in [-0.2, -0.15) is 0 Å². The molecule has 0 aromatic heterocycles. The predicted molar refractivity (Wildman–Crippen MR) is 163 cm³/mol. The summed E-state index contributed by atoms with van der Waals surface area (Å²) in [7, 11) is 0. The molecule has 2 aliphatic rings. The topological polar surface area (TPSA) is 0 Å². The summed E-state index contributed by atoms with van der Waals surface area (Å²) >= 11 is 11.9. The zero-order valence-electron chi connectivity index (χ0n) is 21.3. The number of benzene rings is 2. The first-order valence-electron chi connectivity index (χ1n) is 13.4. The van der Waals surface area contributed by atoms with E-state index >= 15 is 0 Å². The number of alkyl halides is 2. The van der Waals surface area contributed by atoms with Crippen LogP contribution < -0.4 is 10.4 Å². The second-order valence-electron chi connectivity index (χ2n) is 10.2. The quantitative estimate of drug-likeness (QED) is 0.216. The summed E-state index contributed by atoms with van der Waals surface area (Å²) in [5.41, 5.74) is 3.14. The van der Waals surface area contributed by atoms with E-state index in [1.807, 2.05) is 23.5 Å². The Balaban J connectivity index is 1.83. The molecular formula is C30H40Br2S2. The molecular weight excluding hydrogens is 584 g/mol. The van der Waals surface area contributed by atoms with Gasteiger partial charge in [-0.05, 0) is 69.1 Å². The van der Waals surface area contributed by atoms with Gasteiger partial charge in [-0.15, -0.1) is 23.5 Å². The Morgan fingerprint density at radius 3 is 1.47 bits per heavy atom. The molecule has 4 heteroatoms. The molecule has 0 saturated heterocycles. The van der Waals surface area contributed by atoms with Crippen LogP contribution in [-0.4, -0.2) is 8.32 Å². The fourth-order valence-electron chi connectivity index (χ4n) is 5.64. The number of hydrogen-bond donors (Lipinski definition) is 0. The zero-order chi connectivity index (χ0) is 24.2. The molecule has 0 spiro atoms. The summed E-state index contributed by atoms with van der Waals surface area (Å²) in [6.07, 6.45) is 17.9. The van der Waals surface area contributed by atoms with Gasteiger partial charge in [-0.3, -0.25) is 0 Å². The van der Waals surface area contributed by atoms with Gasteiger partial charge in [0.1, 0.15) is 0 Å². The second kappa shape index (κ2) is 12.6. The highest BCUT2D eigenvalue weighted by molar-refractivity contribution is 9.11. The van der Waals surface area contributed by atoms with Crippen molar-refractivity contribution in [3.05, 3.63) is 33.7 Å². The zero-order valence-corrected chi connectivity index (χ0v) is 26.1. The van der Waals surface area contributed by atoms with E-state index in [9.17, 15) is 0 Å². The molecule has 0 radical (unpaired) electrons. The van der Waals surface area contributed by atoms with Crippen molar-refractivity contribution < 1.29 is 0 Å². The minimum absolute atomic E-state index is 0.385. The van der Waals surface area contributed by atoms with Gasteiger partial charge < -0.3 is 0 Å². The molecule has 2 aliphatic heterocycles. The smallest absolute Gasteiger partial charge is 0.0836 e. The molecule has 0 bridgehead atoms. The molecule has 2 aromatic carbocycles. The third kappa shape index (κ3) is 5.97. The van der Waals surface area contributed by atoms with Crippen molar-refractivity contribution in [1.29, 1.82) is 0 Å². The lowest BCUT2D eigenvalue weighted by molar-refractivity contribution is 0.448. The van der Waals surface area contributed by atoms with E-state index in [4.69, 9.17) is 0 Å². The SMILES string of the molecule is CCCCC(CC)Cc1cc2c3c(c(CC(CC)CCCC)cc2c2c1=CC(Br)S2)=CC(Br)S3. The first-order valence-corrected chi connectivity index (χ1v) is 17.0. The molecule has 0 saturated carbocycles. The predicted octanol–water partition coefficient (Wildman–Crippen LogP) is 9.57. The Kier molecular flexibility index (Phi) is 10.0. The van der Waals surface area contributed by atoms with Crippen molar-refractivity contribution in [3.63, 3.8) is 0 Å². The van der Waals surface area contributed by atoms with Crippen LogP contribution >= 0.6 is 55.4 Å². The average Bonchev–Trinajstić information content (AvgIpc) is 3.42. The van der Waals surface area contributed by atoms with Gasteiger partial charge in [0.15, 0.2) is 0 Å². The molecule has 0 fully saturated rings. The van der Waals surface area contributed by atoms with E-state index in [0.29, 0.717) is 8.32 Å². The van der Waals surface area contributed by atoms with E-state index in [0.717, 1.165) is 11.8 Å². The molecule has 34 heavy (non-hydrogen) atoms. The highest BCUT2D eigenvalue weighted by Gasteiger charge is 2.25. The lowest BCUT2D eigenvalue weighted by atomic mass is 9.88. The van der Waals surface area contributed by atoms with Crippen molar-refractivity contribution in [2.24, 2.45) is 11.8 Å². The first kappa shape index (κ1) is 27.1. The third-order valence-electron chi connectivity index (χ3n) is 7.76. The molecule has 4 rings (SSSR count). The van der Waals surface area contributed by atoms with Gasteiger partial charge in [0.05, 0.1) is 8.32 Å². The van der Waals surface area contributed by atoms with E-state index in [2.05, 4.69) is 83.8 Å². The van der Waals surface area contributed by atoms with Crippen LogP contribution in [0.25, 0.3) is 22.9 Å². The van der Waals surface area contributed by atoms with Crippen LogP contribution in [0.15, 0.2) is 21.9 Å². The summed E-state index contributed by atoms with van der Waals surface area (Å²) in [4.78, 5) is 3.04. The highest BCUT2D eigenvalue weighted by atomic mass is 79.9. The molecule has 0 N–H and O–H groups in total. The summed E-state index contributed by atoms with van der Waals surface area (Å²) in [5.74, 6) is 1.57. The number of fused-ring (bicyclic) bond motifs is 5. The van der Waals surface area contributed by atoms with Crippen LogP contribution in [0.1, 0.15) is 90.2 Å². The van der Waals surface area contributed by atoms with Crippen molar-refractivity contribution in [3.8, 4) is 0 Å². The number of halogens is 2. The lowest BCUT2D eigenvalue weighted by Crippen LogP contribution is -2.18. The fourth-order valence-corrected chi connectivity index (χ4v) is 9.39. The Morgan fingerprint density at radius 2 is 1.12 bits per heavy atom. The Labute approximate surface area is 232 Å². The van der Waals surface area contributed by atoms with Gasteiger partial charge in [0.2, 0.25) is 0 Å². The van der Waals surface area contributed by atoms with Crippen LogP contribution in [0.2, 0.25) is 0 Å². The maximum Gasteiger partial charge on any atom is 0.0836 e. The largest absolute Gasteiger partial charge is 0.106 e. The van der Waals surface area contributed by atoms with Gasteiger partial charge in [-0.25, -0.2) is 0 Å². The minimum atomic E-state index is 0.385. The normalized spacial score (nSPS) is 20.6. The molecule has 2 heterocycles. The fraction of sp³-hybridized carbons (Fsp3) is 0.600. The van der Waals surface area contributed by atoms with E-state index < -0.39 is 0 Å². The maximum atomic E-state index is 3.92. The first-order chi connectivity index (χ1) is 16.5. The van der Waals surface area contributed by atoms with E-state index in [1.165, 1.54) is 95.2 Å². The molecule has 186 valence electrons. The number of unbranched alkanes of at least 4 members (excludes halogenated alkanes) is 2. The Hall–Kier alpha value is 0.100. The summed E-state index contributed by atoms with van der Waals surface area (Å²) in [6.45, 7) is 9.38. The van der Waals surface area contributed by atoms with Crippen molar-refractivity contribution in [1.82, 2.24) is 0 Å². The van der Waals surface area contributed by atoms with Crippen LogP contribution in [0.4, 0.5) is 0 Å².